The molecule has 1 saturated carbocycles. The number of carbonyl (C=O) groups excluding carboxylic acids is 2. The number of aliphatic hydroxyl groups excluding tert-OH is 1. The van der Waals surface area contributed by atoms with Crippen molar-refractivity contribution in [3.05, 3.63) is 11.9 Å². The van der Waals surface area contributed by atoms with Crippen molar-refractivity contribution in [1.29, 1.82) is 0 Å². The standard InChI is InChI=1S/C20H33N5O4/c1-14-10-24(15(2)12-26)19(27)5-4-8-25-17(9-21-22-25)13-29-18(14)11-23(3)20(28)16-6-7-16/h9,14-16,18,26H,4-8,10-13H2,1-3H3/t14-,15-,18-/m0/s1. The van der Waals surface area contributed by atoms with Crippen LogP contribution < -0.4 is 0 Å². The van der Waals surface area contributed by atoms with Crippen LogP contribution in [0.4, 0.5) is 0 Å². The van der Waals surface area contributed by atoms with Gasteiger partial charge in [0.15, 0.2) is 0 Å². The summed E-state index contributed by atoms with van der Waals surface area (Å²) in [5.74, 6) is 0.322. The first-order chi connectivity index (χ1) is 13.9. The van der Waals surface area contributed by atoms with Crippen LogP contribution in [0, 0.1) is 11.8 Å². The van der Waals surface area contributed by atoms with Gasteiger partial charge in [-0.25, -0.2) is 4.68 Å². The first-order valence-electron chi connectivity index (χ1n) is 10.5. The number of hydrogen-bond acceptors (Lipinski definition) is 6. The summed E-state index contributed by atoms with van der Waals surface area (Å²) in [5, 5.41) is 17.7. The molecule has 9 nitrogen and oxygen atoms in total. The van der Waals surface area contributed by atoms with Gasteiger partial charge in [-0.3, -0.25) is 9.59 Å². The van der Waals surface area contributed by atoms with Crippen molar-refractivity contribution in [3.8, 4) is 0 Å². The molecule has 0 bridgehead atoms. The number of ether oxygens (including phenoxy) is 1. The van der Waals surface area contributed by atoms with E-state index >= 15 is 0 Å². The maximum absolute atomic E-state index is 12.8. The molecule has 9 heteroatoms. The lowest BCUT2D eigenvalue weighted by Crippen LogP contribution is -2.48. The molecule has 1 aliphatic heterocycles. The van der Waals surface area contributed by atoms with Gasteiger partial charge in [0.25, 0.3) is 0 Å². The Morgan fingerprint density at radius 2 is 2.21 bits per heavy atom. The van der Waals surface area contributed by atoms with E-state index in [2.05, 4.69) is 10.3 Å². The van der Waals surface area contributed by atoms with Gasteiger partial charge in [-0.15, -0.1) is 5.10 Å². The predicted octanol–water partition coefficient (Wildman–Crippen LogP) is 0.671. The van der Waals surface area contributed by atoms with Crippen LogP contribution >= 0.6 is 0 Å². The smallest absolute Gasteiger partial charge is 0.225 e. The van der Waals surface area contributed by atoms with E-state index in [4.69, 9.17) is 4.74 Å². The summed E-state index contributed by atoms with van der Waals surface area (Å²) in [7, 11) is 1.82. The summed E-state index contributed by atoms with van der Waals surface area (Å²) in [6.07, 6.45) is 4.42. The van der Waals surface area contributed by atoms with E-state index in [9.17, 15) is 14.7 Å². The van der Waals surface area contributed by atoms with Gasteiger partial charge in [-0.2, -0.15) is 0 Å². The zero-order valence-corrected chi connectivity index (χ0v) is 17.7. The molecule has 162 valence electrons. The second-order valence-electron chi connectivity index (χ2n) is 8.45. The Bertz CT molecular complexity index is 705. The first kappa shape index (κ1) is 21.7. The van der Waals surface area contributed by atoms with Crippen LogP contribution in [0.5, 0.6) is 0 Å². The summed E-state index contributed by atoms with van der Waals surface area (Å²) in [5.41, 5.74) is 0.868. The number of aryl methyl sites for hydroxylation is 1. The molecular weight excluding hydrogens is 374 g/mol. The van der Waals surface area contributed by atoms with Gasteiger partial charge in [-0.1, -0.05) is 12.1 Å². The van der Waals surface area contributed by atoms with Crippen molar-refractivity contribution >= 4 is 11.8 Å². The second-order valence-corrected chi connectivity index (χ2v) is 8.45. The van der Waals surface area contributed by atoms with Crippen molar-refractivity contribution in [1.82, 2.24) is 24.8 Å². The number of amides is 2. The highest BCUT2D eigenvalue weighted by Gasteiger charge is 2.34. The monoisotopic (exact) mass is 407 g/mol. The van der Waals surface area contributed by atoms with Gasteiger partial charge in [0.05, 0.1) is 37.3 Å². The molecule has 0 saturated heterocycles. The number of likely N-dealkylation sites (N-methyl/N-ethyl adjacent to an activating group) is 1. The zero-order chi connectivity index (χ0) is 21.0. The Morgan fingerprint density at radius 3 is 2.90 bits per heavy atom. The molecule has 0 radical (unpaired) electrons. The number of rotatable bonds is 5. The molecule has 1 aromatic rings. The highest BCUT2D eigenvalue weighted by molar-refractivity contribution is 5.80. The number of carbonyl (C=O) groups is 2. The molecule has 1 N–H and O–H groups in total. The Labute approximate surface area is 172 Å². The highest BCUT2D eigenvalue weighted by atomic mass is 16.5. The van der Waals surface area contributed by atoms with Crippen molar-refractivity contribution in [3.63, 3.8) is 0 Å². The molecule has 2 heterocycles. The van der Waals surface area contributed by atoms with Crippen LogP contribution in [0.25, 0.3) is 0 Å². The second kappa shape index (κ2) is 9.67. The highest BCUT2D eigenvalue weighted by Crippen LogP contribution is 2.31. The SMILES string of the molecule is C[C@H]1CN([C@@H](C)CO)C(=O)CCCn2nncc2CO[C@H]1CN(C)C(=O)C1CC1. The molecule has 1 aliphatic carbocycles. The summed E-state index contributed by atoms with van der Waals surface area (Å²) in [4.78, 5) is 28.8. The molecule has 3 atom stereocenters. The van der Waals surface area contributed by atoms with Crippen LogP contribution in [0.15, 0.2) is 6.20 Å². The van der Waals surface area contributed by atoms with Crippen LogP contribution in [-0.2, 0) is 27.5 Å². The average Bonchev–Trinajstić information content (AvgIpc) is 3.46. The van der Waals surface area contributed by atoms with Crippen LogP contribution in [0.2, 0.25) is 0 Å². The van der Waals surface area contributed by atoms with E-state index in [0.29, 0.717) is 39.1 Å². The van der Waals surface area contributed by atoms with Crippen molar-refractivity contribution in [2.75, 3.05) is 26.7 Å². The van der Waals surface area contributed by atoms with Gasteiger partial charge in [0, 0.05) is 44.9 Å². The van der Waals surface area contributed by atoms with E-state index < -0.39 is 0 Å². The Morgan fingerprint density at radius 1 is 1.45 bits per heavy atom. The molecule has 0 aromatic carbocycles. The van der Waals surface area contributed by atoms with Crippen molar-refractivity contribution in [2.45, 2.75) is 64.8 Å². The lowest BCUT2D eigenvalue weighted by Gasteiger charge is -2.35. The van der Waals surface area contributed by atoms with E-state index in [1.807, 2.05) is 20.9 Å². The van der Waals surface area contributed by atoms with E-state index in [1.54, 1.807) is 20.7 Å². The Kier molecular flexibility index (Phi) is 7.23. The van der Waals surface area contributed by atoms with Crippen LogP contribution in [-0.4, -0.2) is 80.6 Å². The molecule has 1 aromatic heterocycles. The van der Waals surface area contributed by atoms with Gasteiger partial charge in [0.1, 0.15) is 0 Å². The number of nitrogens with zero attached hydrogens (tertiary/aromatic N) is 5. The third kappa shape index (κ3) is 5.54. The maximum Gasteiger partial charge on any atom is 0.225 e. The van der Waals surface area contributed by atoms with Gasteiger partial charge >= 0.3 is 0 Å². The maximum atomic E-state index is 12.8. The third-order valence-corrected chi connectivity index (χ3v) is 5.90. The molecule has 29 heavy (non-hydrogen) atoms. The summed E-state index contributed by atoms with van der Waals surface area (Å²) < 4.78 is 8.01. The fraction of sp³-hybridized carbons (Fsp3) is 0.800. The van der Waals surface area contributed by atoms with Crippen molar-refractivity contribution in [2.24, 2.45) is 11.8 Å². The number of hydrogen-bond donors (Lipinski definition) is 1. The number of fused-ring (bicyclic) bond motifs is 1. The molecule has 0 spiro atoms. The van der Waals surface area contributed by atoms with Crippen molar-refractivity contribution < 1.29 is 19.4 Å². The zero-order valence-electron chi connectivity index (χ0n) is 17.7. The van der Waals surface area contributed by atoms with Gasteiger partial charge < -0.3 is 19.6 Å². The fourth-order valence-electron chi connectivity index (χ4n) is 3.75. The first-order valence-corrected chi connectivity index (χ1v) is 10.5. The molecular formula is C20H33N5O4. The third-order valence-electron chi connectivity index (χ3n) is 5.90. The van der Waals surface area contributed by atoms with Gasteiger partial charge in [0.2, 0.25) is 11.8 Å². The number of aromatic nitrogens is 3. The largest absolute Gasteiger partial charge is 0.394 e. The summed E-state index contributed by atoms with van der Waals surface area (Å²) in [6.45, 7) is 5.69. The summed E-state index contributed by atoms with van der Waals surface area (Å²) >= 11 is 0. The fourth-order valence-corrected chi connectivity index (χ4v) is 3.75. The van der Waals surface area contributed by atoms with Crippen LogP contribution in [0.1, 0.15) is 45.2 Å². The summed E-state index contributed by atoms with van der Waals surface area (Å²) in [6, 6.07) is -0.263. The molecule has 2 amide bonds. The topological polar surface area (TPSA) is 101 Å². The minimum atomic E-state index is -0.263. The molecule has 1 fully saturated rings. The number of aliphatic hydroxyl groups is 1. The minimum Gasteiger partial charge on any atom is -0.394 e. The Balaban J connectivity index is 1.79. The quantitative estimate of drug-likeness (QED) is 0.770. The molecule has 2 aliphatic rings. The van der Waals surface area contributed by atoms with Gasteiger partial charge in [-0.05, 0) is 26.2 Å². The van der Waals surface area contributed by atoms with E-state index in [0.717, 1.165) is 18.5 Å². The predicted molar refractivity (Wildman–Crippen MR) is 106 cm³/mol. The van der Waals surface area contributed by atoms with E-state index in [-0.39, 0.29) is 42.4 Å². The lowest BCUT2D eigenvalue weighted by molar-refractivity contribution is -0.138. The van der Waals surface area contributed by atoms with E-state index in [1.165, 1.54) is 0 Å². The van der Waals surface area contributed by atoms with Crippen LogP contribution in [0.3, 0.4) is 0 Å². The average molecular weight is 408 g/mol. The minimum absolute atomic E-state index is 0.00818. The molecule has 0 unspecified atom stereocenters. The lowest BCUT2D eigenvalue weighted by atomic mass is 10.0. The Hall–Kier alpha value is -2.00. The normalized spacial score (nSPS) is 25.0. The molecule has 3 rings (SSSR count).